The summed E-state index contributed by atoms with van der Waals surface area (Å²) in [5, 5.41) is 9.18. The van der Waals surface area contributed by atoms with Crippen LogP contribution in [0.2, 0.25) is 0 Å². The van der Waals surface area contributed by atoms with E-state index in [9.17, 15) is 9.90 Å². The lowest BCUT2D eigenvalue weighted by Gasteiger charge is -2.36. The topological polar surface area (TPSA) is 43.8 Å². The summed E-state index contributed by atoms with van der Waals surface area (Å²) < 4.78 is 0. The Morgan fingerprint density at radius 2 is 1.73 bits per heavy atom. The van der Waals surface area contributed by atoms with Crippen LogP contribution in [-0.2, 0) is 4.79 Å². The largest absolute Gasteiger partial charge is 0.384 e. The van der Waals surface area contributed by atoms with Gasteiger partial charge in [-0.1, -0.05) is 13.8 Å². The maximum atomic E-state index is 11.5. The van der Waals surface area contributed by atoms with Crippen molar-refractivity contribution in [3.63, 3.8) is 0 Å². The summed E-state index contributed by atoms with van der Waals surface area (Å²) in [5.41, 5.74) is 0. The van der Waals surface area contributed by atoms with Gasteiger partial charge >= 0.3 is 0 Å². The molecule has 0 saturated carbocycles. The van der Waals surface area contributed by atoms with Gasteiger partial charge in [-0.15, -0.1) is 0 Å². The predicted molar refractivity (Wildman–Crippen MR) is 59.5 cm³/mol. The molecule has 1 N–H and O–H groups in total. The molecule has 0 spiro atoms. The van der Waals surface area contributed by atoms with Gasteiger partial charge < -0.3 is 10.0 Å². The Labute approximate surface area is 91.9 Å². The molecular weight excluding hydrogens is 192 g/mol. The van der Waals surface area contributed by atoms with Gasteiger partial charge in [0.2, 0.25) is 0 Å². The maximum absolute atomic E-state index is 11.5. The van der Waals surface area contributed by atoms with Gasteiger partial charge in [-0.05, 0) is 12.8 Å². The minimum Gasteiger partial charge on any atom is -0.384 e. The van der Waals surface area contributed by atoms with Crippen LogP contribution < -0.4 is 0 Å². The van der Waals surface area contributed by atoms with Crippen LogP contribution in [0.15, 0.2) is 0 Å². The second-order valence-electron chi connectivity index (χ2n) is 4.70. The zero-order chi connectivity index (χ0) is 11.4. The average Bonchev–Trinajstić information content (AvgIpc) is 2.17. The smallest absolute Gasteiger partial charge is 0.251 e. The van der Waals surface area contributed by atoms with Crippen LogP contribution in [-0.4, -0.2) is 59.6 Å². The minimum atomic E-state index is -0.860. The van der Waals surface area contributed by atoms with Gasteiger partial charge in [0.05, 0.1) is 0 Å². The molecule has 0 bridgehead atoms. The summed E-state index contributed by atoms with van der Waals surface area (Å²) in [4.78, 5) is 15.6. The fourth-order valence-corrected chi connectivity index (χ4v) is 1.93. The fraction of sp³-hybridized carbons (Fsp3) is 0.909. The number of carbonyl (C=O) groups excluding carboxylic acids is 1. The van der Waals surface area contributed by atoms with E-state index in [1.165, 1.54) is 6.92 Å². The van der Waals surface area contributed by atoms with E-state index in [1.807, 2.05) is 0 Å². The molecule has 1 amide bonds. The Bertz CT molecular complexity index is 209. The number of aliphatic hydroxyl groups is 1. The first-order chi connectivity index (χ1) is 7.00. The van der Waals surface area contributed by atoms with Crippen LogP contribution >= 0.6 is 0 Å². The monoisotopic (exact) mass is 214 g/mol. The van der Waals surface area contributed by atoms with Crippen LogP contribution in [0.5, 0.6) is 0 Å². The third-order valence-corrected chi connectivity index (χ3v) is 2.66. The van der Waals surface area contributed by atoms with E-state index in [0.29, 0.717) is 5.92 Å². The Morgan fingerprint density at radius 3 is 2.13 bits per heavy atom. The van der Waals surface area contributed by atoms with Crippen molar-refractivity contribution in [2.75, 3.05) is 32.7 Å². The normalized spacial score (nSPS) is 20.7. The van der Waals surface area contributed by atoms with E-state index in [1.54, 1.807) is 4.90 Å². The number of hydrogen-bond acceptors (Lipinski definition) is 3. The first-order valence-electron chi connectivity index (χ1n) is 5.70. The summed E-state index contributed by atoms with van der Waals surface area (Å²) in [6.07, 6.45) is -0.860. The van der Waals surface area contributed by atoms with Gasteiger partial charge in [0.25, 0.3) is 5.91 Å². The molecule has 1 heterocycles. The summed E-state index contributed by atoms with van der Waals surface area (Å²) >= 11 is 0. The number of amides is 1. The zero-order valence-corrected chi connectivity index (χ0v) is 9.94. The molecule has 1 rings (SSSR count). The van der Waals surface area contributed by atoms with Gasteiger partial charge in [-0.3, -0.25) is 9.69 Å². The van der Waals surface area contributed by atoms with Crippen LogP contribution in [0.4, 0.5) is 0 Å². The molecule has 1 fully saturated rings. The molecule has 1 unspecified atom stereocenters. The van der Waals surface area contributed by atoms with E-state index < -0.39 is 6.10 Å². The van der Waals surface area contributed by atoms with Crippen molar-refractivity contribution < 1.29 is 9.90 Å². The van der Waals surface area contributed by atoms with Crippen LogP contribution in [0.25, 0.3) is 0 Å². The molecule has 1 saturated heterocycles. The van der Waals surface area contributed by atoms with Gasteiger partial charge in [-0.2, -0.15) is 0 Å². The first kappa shape index (κ1) is 12.5. The van der Waals surface area contributed by atoms with Crippen molar-refractivity contribution in [3.8, 4) is 0 Å². The van der Waals surface area contributed by atoms with Crippen molar-refractivity contribution in [1.82, 2.24) is 9.80 Å². The van der Waals surface area contributed by atoms with Crippen molar-refractivity contribution in [2.45, 2.75) is 26.9 Å². The molecule has 1 aliphatic heterocycles. The highest BCUT2D eigenvalue weighted by Crippen LogP contribution is 2.06. The molecular formula is C11H22N2O2. The molecule has 4 heteroatoms. The molecule has 0 aromatic rings. The van der Waals surface area contributed by atoms with Crippen molar-refractivity contribution in [2.24, 2.45) is 5.92 Å². The van der Waals surface area contributed by atoms with Crippen molar-refractivity contribution in [3.05, 3.63) is 0 Å². The van der Waals surface area contributed by atoms with Crippen molar-refractivity contribution >= 4 is 5.91 Å². The summed E-state index contributed by atoms with van der Waals surface area (Å²) in [6.45, 7) is 10.4. The Hall–Kier alpha value is -0.610. The summed E-state index contributed by atoms with van der Waals surface area (Å²) in [6, 6.07) is 0. The van der Waals surface area contributed by atoms with E-state index in [4.69, 9.17) is 0 Å². The van der Waals surface area contributed by atoms with Crippen LogP contribution in [0.1, 0.15) is 20.8 Å². The molecule has 0 aliphatic carbocycles. The number of piperazine rings is 1. The van der Waals surface area contributed by atoms with Crippen LogP contribution in [0.3, 0.4) is 0 Å². The molecule has 15 heavy (non-hydrogen) atoms. The highest BCUT2D eigenvalue weighted by molar-refractivity contribution is 5.80. The molecule has 0 aromatic carbocycles. The second-order valence-corrected chi connectivity index (χ2v) is 4.70. The molecule has 1 aliphatic rings. The molecule has 0 radical (unpaired) electrons. The quantitative estimate of drug-likeness (QED) is 0.728. The number of rotatable bonds is 3. The predicted octanol–water partition coefficient (Wildman–Crippen LogP) is 0.167. The average molecular weight is 214 g/mol. The van der Waals surface area contributed by atoms with E-state index in [2.05, 4.69) is 18.7 Å². The van der Waals surface area contributed by atoms with Gasteiger partial charge in [-0.25, -0.2) is 0 Å². The number of hydrogen-bond donors (Lipinski definition) is 1. The fourth-order valence-electron chi connectivity index (χ4n) is 1.93. The molecule has 88 valence electrons. The highest BCUT2D eigenvalue weighted by Gasteiger charge is 2.23. The SMILES string of the molecule is CC(C)CN1CCN(C(=O)C(C)O)CC1. The van der Waals surface area contributed by atoms with E-state index in [0.717, 1.165) is 32.7 Å². The van der Waals surface area contributed by atoms with Crippen molar-refractivity contribution in [1.29, 1.82) is 0 Å². The maximum Gasteiger partial charge on any atom is 0.251 e. The van der Waals surface area contributed by atoms with Gasteiger partial charge in [0.1, 0.15) is 6.10 Å². The number of nitrogens with zero attached hydrogens (tertiary/aromatic N) is 2. The van der Waals surface area contributed by atoms with E-state index >= 15 is 0 Å². The molecule has 0 aromatic heterocycles. The molecule has 4 nitrogen and oxygen atoms in total. The zero-order valence-electron chi connectivity index (χ0n) is 9.94. The Morgan fingerprint density at radius 1 is 1.20 bits per heavy atom. The third-order valence-electron chi connectivity index (χ3n) is 2.66. The van der Waals surface area contributed by atoms with E-state index in [-0.39, 0.29) is 5.91 Å². The highest BCUT2D eigenvalue weighted by atomic mass is 16.3. The summed E-state index contributed by atoms with van der Waals surface area (Å²) in [7, 11) is 0. The van der Waals surface area contributed by atoms with Gasteiger partial charge in [0, 0.05) is 32.7 Å². The lowest BCUT2D eigenvalue weighted by Crippen LogP contribution is -2.51. The Balaban J connectivity index is 2.32. The summed E-state index contributed by atoms with van der Waals surface area (Å²) in [5.74, 6) is 0.531. The Kier molecular flexibility index (Phi) is 4.54. The minimum absolute atomic E-state index is 0.140. The standard InChI is InChI=1S/C11H22N2O2/c1-9(2)8-12-4-6-13(7-5-12)11(15)10(3)14/h9-10,14H,4-8H2,1-3H3. The number of aliphatic hydroxyl groups excluding tert-OH is 1. The lowest BCUT2D eigenvalue weighted by molar-refractivity contribution is -0.141. The third kappa shape index (κ3) is 3.80. The first-order valence-corrected chi connectivity index (χ1v) is 5.70. The molecule has 1 atom stereocenters. The second kappa shape index (κ2) is 5.47. The van der Waals surface area contributed by atoms with Crippen LogP contribution in [0, 0.1) is 5.92 Å². The lowest BCUT2D eigenvalue weighted by atomic mass is 10.2. The van der Waals surface area contributed by atoms with Gasteiger partial charge in [0.15, 0.2) is 0 Å². The number of carbonyl (C=O) groups is 1.